The Kier molecular flexibility index (Phi) is 3.24. The highest BCUT2D eigenvalue weighted by atomic mass is 16.7. The lowest BCUT2D eigenvalue weighted by Crippen LogP contribution is -2.35. The van der Waals surface area contributed by atoms with Gasteiger partial charge in [-0.1, -0.05) is 0 Å². The standard InChI is InChI=1S/C8H14O5/c1-10-7(9)6-4-8(11-2,12-3)5-13-6/h6H,4-5H2,1-3H3. The fraction of sp³-hybridized carbons (Fsp3) is 0.875. The summed E-state index contributed by atoms with van der Waals surface area (Å²) in [5.41, 5.74) is 0. The SMILES string of the molecule is COC(=O)C1CC(OC)(OC)CO1. The summed E-state index contributed by atoms with van der Waals surface area (Å²) < 4.78 is 20.0. The Bertz CT molecular complexity index is 187. The lowest BCUT2D eigenvalue weighted by molar-refractivity contribution is -0.202. The molecule has 0 amide bonds. The van der Waals surface area contributed by atoms with Crippen molar-refractivity contribution in [2.45, 2.75) is 18.3 Å². The molecule has 0 radical (unpaired) electrons. The van der Waals surface area contributed by atoms with Gasteiger partial charge in [0.05, 0.1) is 7.11 Å². The Balaban J connectivity index is 2.56. The van der Waals surface area contributed by atoms with Gasteiger partial charge in [-0.05, 0) is 0 Å². The van der Waals surface area contributed by atoms with E-state index in [-0.39, 0.29) is 6.61 Å². The van der Waals surface area contributed by atoms with Gasteiger partial charge in [0.15, 0.2) is 11.9 Å². The average Bonchev–Trinajstić information content (AvgIpc) is 2.61. The topological polar surface area (TPSA) is 54.0 Å². The van der Waals surface area contributed by atoms with E-state index in [2.05, 4.69) is 4.74 Å². The van der Waals surface area contributed by atoms with E-state index in [1.54, 1.807) is 0 Å². The van der Waals surface area contributed by atoms with Gasteiger partial charge >= 0.3 is 5.97 Å². The van der Waals surface area contributed by atoms with Crippen molar-refractivity contribution >= 4 is 5.97 Å². The molecule has 76 valence electrons. The summed E-state index contributed by atoms with van der Waals surface area (Å²) in [6.45, 7) is 0.250. The van der Waals surface area contributed by atoms with Crippen molar-refractivity contribution in [1.82, 2.24) is 0 Å². The van der Waals surface area contributed by atoms with Crippen molar-refractivity contribution < 1.29 is 23.7 Å². The summed E-state index contributed by atoms with van der Waals surface area (Å²) >= 11 is 0. The van der Waals surface area contributed by atoms with Crippen LogP contribution in [0.3, 0.4) is 0 Å². The molecule has 0 aromatic heterocycles. The van der Waals surface area contributed by atoms with Gasteiger partial charge in [0.1, 0.15) is 6.61 Å². The Morgan fingerprint density at radius 1 is 1.38 bits per heavy atom. The molecule has 5 heteroatoms. The smallest absolute Gasteiger partial charge is 0.335 e. The van der Waals surface area contributed by atoms with E-state index < -0.39 is 17.9 Å². The van der Waals surface area contributed by atoms with E-state index >= 15 is 0 Å². The minimum atomic E-state index is -0.793. The zero-order valence-corrected chi connectivity index (χ0v) is 8.03. The van der Waals surface area contributed by atoms with E-state index in [9.17, 15) is 4.79 Å². The van der Waals surface area contributed by atoms with Gasteiger partial charge in [0.25, 0.3) is 0 Å². The first-order valence-electron chi connectivity index (χ1n) is 3.97. The van der Waals surface area contributed by atoms with Gasteiger partial charge < -0.3 is 18.9 Å². The summed E-state index contributed by atoms with van der Waals surface area (Å²) in [4.78, 5) is 11.1. The fourth-order valence-electron chi connectivity index (χ4n) is 1.28. The van der Waals surface area contributed by atoms with Crippen LogP contribution in [0.5, 0.6) is 0 Å². The number of ether oxygens (including phenoxy) is 4. The van der Waals surface area contributed by atoms with Crippen molar-refractivity contribution in [2.75, 3.05) is 27.9 Å². The molecule has 5 nitrogen and oxygen atoms in total. The largest absolute Gasteiger partial charge is 0.467 e. The normalized spacial score (nSPS) is 25.9. The summed E-state index contributed by atoms with van der Waals surface area (Å²) in [6.07, 6.45) is -0.211. The summed E-state index contributed by atoms with van der Waals surface area (Å²) in [7, 11) is 4.37. The first-order valence-corrected chi connectivity index (χ1v) is 3.97. The molecule has 0 aromatic rings. The van der Waals surface area contributed by atoms with Crippen LogP contribution in [0.2, 0.25) is 0 Å². The highest BCUT2D eigenvalue weighted by Crippen LogP contribution is 2.28. The molecular formula is C8H14O5. The highest BCUT2D eigenvalue weighted by Gasteiger charge is 2.44. The molecule has 0 bridgehead atoms. The number of hydrogen-bond donors (Lipinski definition) is 0. The van der Waals surface area contributed by atoms with Crippen LogP contribution < -0.4 is 0 Å². The molecule has 1 fully saturated rings. The van der Waals surface area contributed by atoms with Gasteiger partial charge in [-0.15, -0.1) is 0 Å². The van der Waals surface area contributed by atoms with Crippen LogP contribution >= 0.6 is 0 Å². The lowest BCUT2D eigenvalue weighted by Gasteiger charge is -2.23. The van der Waals surface area contributed by atoms with Crippen LogP contribution in [-0.4, -0.2) is 45.8 Å². The molecule has 1 aliphatic heterocycles. The van der Waals surface area contributed by atoms with E-state index in [1.165, 1.54) is 21.3 Å². The predicted molar refractivity (Wildman–Crippen MR) is 43.1 cm³/mol. The quantitative estimate of drug-likeness (QED) is 0.461. The number of carbonyl (C=O) groups excluding carboxylic acids is 1. The van der Waals surface area contributed by atoms with Crippen molar-refractivity contribution in [3.8, 4) is 0 Å². The van der Waals surface area contributed by atoms with Crippen LogP contribution in [0, 0.1) is 0 Å². The molecule has 1 aliphatic rings. The maximum atomic E-state index is 11.1. The number of hydrogen-bond acceptors (Lipinski definition) is 5. The monoisotopic (exact) mass is 190 g/mol. The first kappa shape index (κ1) is 10.4. The van der Waals surface area contributed by atoms with Crippen molar-refractivity contribution in [3.05, 3.63) is 0 Å². The minimum absolute atomic E-state index is 0.250. The molecule has 0 saturated carbocycles. The Hall–Kier alpha value is -0.650. The molecule has 13 heavy (non-hydrogen) atoms. The molecule has 0 N–H and O–H groups in total. The third-order valence-electron chi connectivity index (χ3n) is 2.21. The third kappa shape index (κ3) is 1.99. The van der Waals surface area contributed by atoms with Gasteiger partial charge in [-0.25, -0.2) is 4.79 Å². The van der Waals surface area contributed by atoms with E-state index in [4.69, 9.17) is 14.2 Å². The maximum absolute atomic E-state index is 11.1. The second-order valence-corrected chi connectivity index (χ2v) is 2.85. The molecular weight excluding hydrogens is 176 g/mol. The Labute approximate surface area is 76.9 Å². The van der Waals surface area contributed by atoms with Gasteiger partial charge in [0, 0.05) is 20.6 Å². The fourth-order valence-corrected chi connectivity index (χ4v) is 1.28. The molecule has 1 saturated heterocycles. The Morgan fingerprint density at radius 3 is 2.38 bits per heavy atom. The first-order chi connectivity index (χ1) is 6.17. The van der Waals surface area contributed by atoms with Crippen molar-refractivity contribution in [3.63, 3.8) is 0 Å². The molecule has 0 aromatic carbocycles. The van der Waals surface area contributed by atoms with Crippen LogP contribution in [-0.2, 0) is 23.7 Å². The summed E-state index contributed by atoms with van der Waals surface area (Å²) in [6, 6.07) is 0. The van der Waals surface area contributed by atoms with Gasteiger partial charge in [0.2, 0.25) is 0 Å². The van der Waals surface area contributed by atoms with Crippen LogP contribution in [0.15, 0.2) is 0 Å². The van der Waals surface area contributed by atoms with E-state index in [0.717, 1.165) is 0 Å². The number of carbonyl (C=O) groups is 1. The van der Waals surface area contributed by atoms with E-state index in [0.29, 0.717) is 6.42 Å². The average molecular weight is 190 g/mol. The third-order valence-corrected chi connectivity index (χ3v) is 2.21. The Morgan fingerprint density at radius 2 is 2.00 bits per heavy atom. The van der Waals surface area contributed by atoms with E-state index in [1.807, 2.05) is 0 Å². The second kappa shape index (κ2) is 4.04. The lowest BCUT2D eigenvalue weighted by atomic mass is 10.1. The van der Waals surface area contributed by atoms with Crippen molar-refractivity contribution in [1.29, 1.82) is 0 Å². The highest BCUT2D eigenvalue weighted by molar-refractivity contribution is 5.74. The maximum Gasteiger partial charge on any atom is 0.335 e. The van der Waals surface area contributed by atoms with Gasteiger partial charge in [-0.2, -0.15) is 0 Å². The molecule has 1 unspecified atom stereocenters. The molecule has 0 aliphatic carbocycles. The summed E-state index contributed by atoms with van der Waals surface area (Å²) in [5.74, 6) is -1.19. The molecule has 1 atom stereocenters. The van der Waals surface area contributed by atoms with Crippen molar-refractivity contribution in [2.24, 2.45) is 0 Å². The molecule has 1 heterocycles. The van der Waals surface area contributed by atoms with Crippen LogP contribution in [0.1, 0.15) is 6.42 Å². The van der Waals surface area contributed by atoms with Crippen LogP contribution in [0.4, 0.5) is 0 Å². The number of esters is 1. The second-order valence-electron chi connectivity index (χ2n) is 2.85. The zero-order valence-electron chi connectivity index (χ0n) is 8.03. The van der Waals surface area contributed by atoms with Gasteiger partial charge in [-0.3, -0.25) is 0 Å². The number of rotatable bonds is 3. The molecule has 0 spiro atoms. The number of methoxy groups -OCH3 is 3. The predicted octanol–water partition coefficient (Wildman–Crippen LogP) is -0.0626. The molecule has 1 rings (SSSR count). The van der Waals surface area contributed by atoms with Crippen LogP contribution in [0.25, 0.3) is 0 Å². The minimum Gasteiger partial charge on any atom is -0.467 e. The summed E-state index contributed by atoms with van der Waals surface area (Å²) in [5, 5.41) is 0. The zero-order chi connectivity index (χ0) is 9.90.